The Morgan fingerprint density at radius 1 is 1.67 bits per heavy atom. The van der Waals surface area contributed by atoms with E-state index in [0.717, 1.165) is 18.5 Å². The third kappa shape index (κ3) is 2.38. The molecule has 2 nitrogen and oxygen atoms in total. The maximum atomic E-state index is 10.0. The third-order valence-corrected chi connectivity index (χ3v) is 1.77. The lowest BCUT2D eigenvalue weighted by Gasteiger charge is -2.10. The van der Waals surface area contributed by atoms with Crippen LogP contribution in [-0.4, -0.2) is 13.4 Å². The summed E-state index contributed by atoms with van der Waals surface area (Å²) in [4.78, 5) is 10.0. The molecule has 0 aromatic rings. The molecule has 0 spiro atoms. The molecule has 64 valence electrons. The molecule has 0 bridgehead atoms. The molecule has 1 rings (SSSR count). The molecule has 0 aliphatic heterocycles. The minimum Gasteiger partial charge on any atom is -0.497 e. The molecule has 0 N–H and O–H groups in total. The van der Waals surface area contributed by atoms with Gasteiger partial charge in [0.15, 0.2) is 0 Å². The highest BCUT2D eigenvalue weighted by Gasteiger charge is 2.04. The van der Waals surface area contributed by atoms with Crippen LogP contribution in [0.2, 0.25) is 0 Å². The van der Waals surface area contributed by atoms with Crippen molar-refractivity contribution in [3.63, 3.8) is 0 Å². The van der Waals surface area contributed by atoms with Gasteiger partial charge in [-0.15, -0.1) is 0 Å². The molecular weight excluding hydrogens is 152 g/mol. The Balaban J connectivity index is 2.48. The van der Waals surface area contributed by atoms with Crippen LogP contribution in [0.15, 0.2) is 36.1 Å². The zero-order valence-electron chi connectivity index (χ0n) is 7.07. The topological polar surface area (TPSA) is 26.3 Å². The zero-order chi connectivity index (χ0) is 8.81. The van der Waals surface area contributed by atoms with Crippen LogP contribution in [0.1, 0.15) is 6.42 Å². The predicted octanol–water partition coefficient (Wildman–Crippen LogP) is 1.85. The van der Waals surface area contributed by atoms with Crippen molar-refractivity contribution in [2.45, 2.75) is 6.42 Å². The number of methoxy groups -OCH3 is 1. The minimum atomic E-state index is 0.342. The van der Waals surface area contributed by atoms with E-state index >= 15 is 0 Å². The van der Waals surface area contributed by atoms with Gasteiger partial charge in [-0.2, -0.15) is 0 Å². The Morgan fingerprint density at radius 2 is 2.50 bits per heavy atom. The SMILES string of the molecule is COC1=CCC(C=CC=O)C=C1. The number of carbonyl (C=O) groups excluding carboxylic acids is 1. The molecule has 1 unspecified atom stereocenters. The standard InChI is InChI=1S/C10H12O2/c1-12-10-6-4-9(5-7-10)3-2-8-11/h2-4,6-9H,5H2,1H3. The van der Waals surface area contributed by atoms with Crippen LogP contribution in [0.4, 0.5) is 0 Å². The third-order valence-electron chi connectivity index (χ3n) is 1.77. The molecule has 2 heteroatoms. The number of rotatable bonds is 3. The van der Waals surface area contributed by atoms with Crippen LogP contribution in [0.3, 0.4) is 0 Å². The Morgan fingerprint density at radius 3 is 3.00 bits per heavy atom. The molecule has 0 saturated carbocycles. The van der Waals surface area contributed by atoms with Gasteiger partial charge in [-0.05, 0) is 30.6 Å². The average molecular weight is 164 g/mol. The highest BCUT2D eigenvalue weighted by atomic mass is 16.5. The molecular formula is C10H12O2. The summed E-state index contributed by atoms with van der Waals surface area (Å²) in [5.74, 6) is 1.24. The Hall–Kier alpha value is -1.31. The Labute approximate surface area is 72.2 Å². The van der Waals surface area contributed by atoms with Gasteiger partial charge in [0.1, 0.15) is 12.0 Å². The number of aldehydes is 1. The first-order chi connectivity index (χ1) is 5.86. The highest BCUT2D eigenvalue weighted by molar-refractivity contribution is 5.64. The summed E-state index contributed by atoms with van der Waals surface area (Å²) in [7, 11) is 1.65. The van der Waals surface area contributed by atoms with E-state index in [0.29, 0.717) is 5.92 Å². The predicted molar refractivity (Wildman–Crippen MR) is 47.5 cm³/mol. The monoisotopic (exact) mass is 164 g/mol. The molecule has 12 heavy (non-hydrogen) atoms. The normalized spacial score (nSPS) is 22.4. The van der Waals surface area contributed by atoms with Crippen LogP contribution in [-0.2, 0) is 9.53 Å². The van der Waals surface area contributed by atoms with E-state index in [9.17, 15) is 4.79 Å². The summed E-state index contributed by atoms with van der Waals surface area (Å²) in [5.41, 5.74) is 0. The first kappa shape index (κ1) is 8.78. The average Bonchev–Trinajstić information content (AvgIpc) is 2.15. The van der Waals surface area contributed by atoms with Gasteiger partial charge in [0.25, 0.3) is 0 Å². The fourth-order valence-electron chi connectivity index (χ4n) is 1.10. The Bertz CT molecular complexity index is 236. The lowest BCUT2D eigenvalue weighted by molar-refractivity contribution is -0.104. The molecule has 0 fully saturated rings. The second-order valence-corrected chi connectivity index (χ2v) is 2.59. The number of hydrogen-bond acceptors (Lipinski definition) is 2. The maximum absolute atomic E-state index is 10.0. The smallest absolute Gasteiger partial charge is 0.142 e. The Kier molecular flexibility index (Phi) is 3.33. The summed E-state index contributed by atoms with van der Waals surface area (Å²) in [5, 5.41) is 0. The van der Waals surface area contributed by atoms with Gasteiger partial charge in [-0.25, -0.2) is 0 Å². The first-order valence-corrected chi connectivity index (χ1v) is 3.91. The number of hydrogen-bond donors (Lipinski definition) is 0. The van der Waals surface area contributed by atoms with E-state index in [1.807, 2.05) is 24.3 Å². The maximum Gasteiger partial charge on any atom is 0.142 e. The van der Waals surface area contributed by atoms with Crippen molar-refractivity contribution in [3.05, 3.63) is 36.1 Å². The van der Waals surface area contributed by atoms with Gasteiger partial charge >= 0.3 is 0 Å². The van der Waals surface area contributed by atoms with E-state index in [4.69, 9.17) is 4.74 Å². The summed E-state index contributed by atoms with van der Waals surface area (Å²) in [6.07, 6.45) is 11.1. The van der Waals surface area contributed by atoms with Crippen molar-refractivity contribution in [3.8, 4) is 0 Å². The molecule has 0 heterocycles. The lowest BCUT2D eigenvalue weighted by atomic mass is 10.00. The molecule has 1 aliphatic rings. The van der Waals surface area contributed by atoms with Crippen molar-refractivity contribution in [1.29, 1.82) is 0 Å². The van der Waals surface area contributed by atoms with Gasteiger partial charge in [0, 0.05) is 0 Å². The lowest BCUT2D eigenvalue weighted by Crippen LogP contribution is -1.97. The van der Waals surface area contributed by atoms with E-state index in [-0.39, 0.29) is 0 Å². The molecule has 1 aliphatic carbocycles. The summed E-state index contributed by atoms with van der Waals surface area (Å²) in [6.45, 7) is 0. The van der Waals surface area contributed by atoms with Crippen molar-refractivity contribution in [2.24, 2.45) is 5.92 Å². The van der Waals surface area contributed by atoms with Crippen LogP contribution < -0.4 is 0 Å². The zero-order valence-corrected chi connectivity index (χ0v) is 7.07. The largest absolute Gasteiger partial charge is 0.497 e. The summed E-state index contributed by atoms with van der Waals surface area (Å²) < 4.78 is 5.02. The van der Waals surface area contributed by atoms with Gasteiger partial charge < -0.3 is 4.74 Å². The van der Waals surface area contributed by atoms with Crippen molar-refractivity contribution < 1.29 is 9.53 Å². The molecule has 0 amide bonds. The van der Waals surface area contributed by atoms with Gasteiger partial charge in [0.2, 0.25) is 0 Å². The second kappa shape index (κ2) is 4.54. The van der Waals surface area contributed by atoms with E-state index in [1.54, 1.807) is 7.11 Å². The number of carbonyl (C=O) groups is 1. The molecule has 1 atom stereocenters. The van der Waals surface area contributed by atoms with Crippen LogP contribution in [0, 0.1) is 5.92 Å². The summed E-state index contributed by atoms with van der Waals surface area (Å²) in [6, 6.07) is 0. The number of ether oxygens (including phenoxy) is 1. The second-order valence-electron chi connectivity index (χ2n) is 2.59. The summed E-state index contributed by atoms with van der Waals surface area (Å²) >= 11 is 0. The van der Waals surface area contributed by atoms with E-state index in [2.05, 4.69) is 0 Å². The molecule has 0 aromatic carbocycles. The van der Waals surface area contributed by atoms with Crippen molar-refractivity contribution >= 4 is 6.29 Å². The minimum absolute atomic E-state index is 0.342. The molecule has 0 radical (unpaired) electrons. The van der Waals surface area contributed by atoms with Gasteiger partial charge in [-0.1, -0.05) is 12.2 Å². The van der Waals surface area contributed by atoms with Crippen molar-refractivity contribution in [1.82, 2.24) is 0 Å². The highest BCUT2D eigenvalue weighted by Crippen LogP contribution is 2.17. The number of allylic oxidation sites excluding steroid dienone is 5. The van der Waals surface area contributed by atoms with Crippen LogP contribution in [0.5, 0.6) is 0 Å². The fourth-order valence-corrected chi connectivity index (χ4v) is 1.10. The molecule has 0 aromatic heterocycles. The van der Waals surface area contributed by atoms with Crippen LogP contribution >= 0.6 is 0 Å². The van der Waals surface area contributed by atoms with Gasteiger partial charge in [-0.3, -0.25) is 4.79 Å². The van der Waals surface area contributed by atoms with E-state index < -0.39 is 0 Å². The van der Waals surface area contributed by atoms with Crippen molar-refractivity contribution in [2.75, 3.05) is 7.11 Å². The van der Waals surface area contributed by atoms with Gasteiger partial charge in [0.05, 0.1) is 7.11 Å². The fraction of sp³-hybridized carbons (Fsp3) is 0.300. The quantitative estimate of drug-likeness (QED) is 0.470. The molecule has 0 saturated heterocycles. The first-order valence-electron chi connectivity index (χ1n) is 3.91. The van der Waals surface area contributed by atoms with Crippen LogP contribution in [0.25, 0.3) is 0 Å². The van der Waals surface area contributed by atoms with E-state index in [1.165, 1.54) is 6.08 Å².